The van der Waals surface area contributed by atoms with Crippen molar-refractivity contribution in [3.8, 4) is 0 Å². The molecule has 0 saturated carbocycles. The summed E-state index contributed by atoms with van der Waals surface area (Å²) >= 11 is 3.33. The van der Waals surface area contributed by atoms with Crippen LogP contribution in [0.15, 0.2) is 22.7 Å². The van der Waals surface area contributed by atoms with Gasteiger partial charge in [0.05, 0.1) is 5.56 Å². The Kier molecular flexibility index (Phi) is 3.56. The predicted octanol–water partition coefficient (Wildman–Crippen LogP) is 0.945. The van der Waals surface area contributed by atoms with Gasteiger partial charge in [0.1, 0.15) is 6.54 Å². The van der Waals surface area contributed by atoms with E-state index >= 15 is 0 Å². The van der Waals surface area contributed by atoms with E-state index in [0.29, 0.717) is 28.8 Å². The van der Waals surface area contributed by atoms with E-state index in [9.17, 15) is 9.59 Å². The second kappa shape index (κ2) is 4.97. The minimum Gasteiger partial charge on any atom is -0.399 e. The first-order chi connectivity index (χ1) is 8.49. The number of hydrogen-bond acceptors (Lipinski definition) is 3. The van der Waals surface area contributed by atoms with Crippen LogP contribution in [0.4, 0.5) is 5.69 Å². The Hall–Kier alpha value is -1.56. The van der Waals surface area contributed by atoms with Crippen LogP contribution in [-0.4, -0.2) is 48.3 Å². The van der Waals surface area contributed by atoms with E-state index in [1.165, 1.54) is 0 Å². The molecule has 0 atom stereocenters. The molecule has 1 saturated heterocycles. The SMILES string of the molecule is CN1CCN(C(=O)c2cc(N)ccc2Br)CC1=O. The standard InChI is InChI=1S/C12H14BrN3O2/c1-15-4-5-16(7-11(15)17)12(18)9-6-8(14)2-3-10(9)13/h2-3,6H,4-5,7,14H2,1H3. The van der Waals surface area contributed by atoms with Gasteiger partial charge in [-0.1, -0.05) is 0 Å². The van der Waals surface area contributed by atoms with Crippen LogP contribution >= 0.6 is 15.9 Å². The third-order valence-electron chi connectivity index (χ3n) is 2.97. The van der Waals surface area contributed by atoms with Crippen LogP contribution in [-0.2, 0) is 4.79 Å². The number of carbonyl (C=O) groups excluding carboxylic acids is 2. The molecular formula is C12H14BrN3O2. The van der Waals surface area contributed by atoms with Crippen LogP contribution in [0.3, 0.4) is 0 Å². The maximum atomic E-state index is 12.3. The summed E-state index contributed by atoms with van der Waals surface area (Å²) in [5, 5.41) is 0. The van der Waals surface area contributed by atoms with Crippen LogP contribution in [0, 0.1) is 0 Å². The smallest absolute Gasteiger partial charge is 0.255 e. The van der Waals surface area contributed by atoms with Crippen molar-refractivity contribution in [1.82, 2.24) is 9.80 Å². The number of halogens is 1. The molecule has 96 valence electrons. The monoisotopic (exact) mass is 311 g/mol. The largest absolute Gasteiger partial charge is 0.399 e. The van der Waals surface area contributed by atoms with E-state index in [-0.39, 0.29) is 18.4 Å². The normalized spacial score (nSPS) is 16.0. The number of nitrogens with two attached hydrogens (primary N) is 1. The first kappa shape index (κ1) is 12.9. The summed E-state index contributed by atoms with van der Waals surface area (Å²) in [5.41, 5.74) is 6.70. The van der Waals surface area contributed by atoms with Gasteiger partial charge < -0.3 is 15.5 Å². The third-order valence-corrected chi connectivity index (χ3v) is 3.66. The first-order valence-corrected chi connectivity index (χ1v) is 6.36. The maximum absolute atomic E-state index is 12.3. The molecule has 5 nitrogen and oxygen atoms in total. The third kappa shape index (κ3) is 2.48. The number of benzene rings is 1. The number of nitrogens with zero attached hydrogens (tertiary/aromatic N) is 2. The Labute approximate surface area is 114 Å². The Morgan fingerprint density at radius 1 is 1.39 bits per heavy atom. The number of nitrogen functional groups attached to an aromatic ring is 1. The second-order valence-corrected chi connectivity index (χ2v) is 5.14. The molecule has 6 heteroatoms. The summed E-state index contributed by atoms with van der Waals surface area (Å²) in [6, 6.07) is 5.08. The van der Waals surface area contributed by atoms with Crippen LogP contribution in [0.5, 0.6) is 0 Å². The lowest BCUT2D eigenvalue weighted by Crippen LogP contribution is -2.50. The Balaban J connectivity index is 2.21. The average molecular weight is 312 g/mol. The minimum atomic E-state index is -0.171. The number of hydrogen-bond donors (Lipinski definition) is 1. The number of carbonyl (C=O) groups is 2. The van der Waals surface area contributed by atoms with Crippen LogP contribution in [0.2, 0.25) is 0 Å². The van der Waals surface area contributed by atoms with Gasteiger partial charge >= 0.3 is 0 Å². The van der Waals surface area contributed by atoms with Crippen molar-refractivity contribution in [2.45, 2.75) is 0 Å². The average Bonchev–Trinajstić information content (AvgIpc) is 2.35. The van der Waals surface area contributed by atoms with E-state index < -0.39 is 0 Å². The molecule has 0 aromatic heterocycles. The molecule has 0 aliphatic carbocycles. The van der Waals surface area contributed by atoms with Gasteiger partial charge in [-0.3, -0.25) is 9.59 Å². The molecule has 2 rings (SSSR count). The first-order valence-electron chi connectivity index (χ1n) is 5.57. The molecule has 18 heavy (non-hydrogen) atoms. The maximum Gasteiger partial charge on any atom is 0.255 e. The molecule has 1 aliphatic rings. The molecule has 0 spiro atoms. The van der Waals surface area contributed by atoms with Crippen LogP contribution < -0.4 is 5.73 Å². The van der Waals surface area contributed by atoms with E-state index in [0.717, 1.165) is 0 Å². The summed E-state index contributed by atoms with van der Waals surface area (Å²) in [4.78, 5) is 27.0. The van der Waals surface area contributed by atoms with Gasteiger partial charge in [0.25, 0.3) is 5.91 Å². The van der Waals surface area contributed by atoms with Gasteiger partial charge in [-0.25, -0.2) is 0 Å². The fraction of sp³-hybridized carbons (Fsp3) is 0.333. The van der Waals surface area contributed by atoms with Gasteiger partial charge in [-0.15, -0.1) is 0 Å². The molecule has 2 N–H and O–H groups in total. The summed E-state index contributed by atoms with van der Waals surface area (Å²) in [6.45, 7) is 1.23. The van der Waals surface area contributed by atoms with Crippen LogP contribution in [0.25, 0.3) is 0 Å². The summed E-state index contributed by atoms with van der Waals surface area (Å²) in [7, 11) is 1.74. The molecule has 2 amide bonds. The molecule has 1 aromatic carbocycles. The number of likely N-dealkylation sites (N-methyl/N-ethyl adjacent to an activating group) is 1. The van der Waals surface area contributed by atoms with E-state index in [1.54, 1.807) is 35.0 Å². The van der Waals surface area contributed by atoms with Crippen molar-refractivity contribution in [2.75, 3.05) is 32.4 Å². The Morgan fingerprint density at radius 2 is 2.11 bits per heavy atom. The van der Waals surface area contributed by atoms with Crippen molar-refractivity contribution in [1.29, 1.82) is 0 Å². The highest BCUT2D eigenvalue weighted by Crippen LogP contribution is 2.21. The highest BCUT2D eigenvalue weighted by atomic mass is 79.9. The molecule has 1 aromatic rings. The Bertz CT molecular complexity index is 504. The molecular weight excluding hydrogens is 298 g/mol. The molecule has 0 unspecified atom stereocenters. The van der Waals surface area contributed by atoms with Crippen molar-refractivity contribution in [2.24, 2.45) is 0 Å². The topological polar surface area (TPSA) is 66.6 Å². The van der Waals surface area contributed by atoms with Crippen molar-refractivity contribution < 1.29 is 9.59 Å². The lowest BCUT2D eigenvalue weighted by molar-refractivity contribution is -0.133. The molecule has 0 radical (unpaired) electrons. The Morgan fingerprint density at radius 3 is 2.78 bits per heavy atom. The number of rotatable bonds is 1. The number of piperazine rings is 1. The van der Waals surface area contributed by atoms with Crippen LogP contribution in [0.1, 0.15) is 10.4 Å². The number of amides is 2. The minimum absolute atomic E-state index is 0.0466. The van der Waals surface area contributed by atoms with Crippen molar-refractivity contribution in [3.05, 3.63) is 28.2 Å². The lowest BCUT2D eigenvalue weighted by Gasteiger charge is -2.32. The molecule has 1 fully saturated rings. The second-order valence-electron chi connectivity index (χ2n) is 4.28. The van der Waals surface area contributed by atoms with E-state index in [1.807, 2.05) is 0 Å². The summed E-state index contributed by atoms with van der Waals surface area (Å²) in [6.07, 6.45) is 0. The van der Waals surface area contributed by atoms with Gasteiger partial charge in [-0.05, 0) is 34.1 Å². The van der Waals surface area contributed by atoms with Gasteiger partial charge in [-0.2, -0.15) is 0 Å². The zero-order chi connectivity index (χ0) is 13.3. The zero-order valence-electron chi connectivity index (χ0n) is 10.0. The van der Waals surface area contributed by atoms with Gasteiger partial charge in [0, 0.05) is 30.3 Å². The summed E-state index contributed by atoms with van der Waals surface area (Å²) in [5.74, 6) is -0.217. The quantitative estimate of drug-likeness (QED) is 0.785. The highest BCUT2D eigenvalue weighted by molar-refractivity contribution is 9.10. The highest BCUT2D eigenvalue weighted by Gasteiger charge is 2.26. The molecule has 1 aliphatic heterocycles. The van der Waals surface area contributed by atoms with E-state index in [2.05, 4.69) is 15.9 Å². The van der Waals surface area contributed by atoms with Crippen molar-refractivity contribution in [3.63, 3.8) is 0 Å². The zero-order valence-corrected chi connectivity index (χ0v) is 11.6. The summed E-state index contributed by atoms with van der Waals surface area (Å²) < 4.78 is 0.688. The molecule has 1 heterocycles. The van der Waals surface area contributed by atoms with E-state index in [4.69, 9.17) is 5.73 Å². The number of anilines is 1. The predicted molar refractivity (Wildman–Crippen MR) is 72.1 cm³/mol. The van der Waals surface area contributed by atoms with Gasteiger partial charge in [0.15, 0.2) is 0 Å². The lowest BCUT2D eigenvalue weighted by atomic mass is 10.1. The fourth-order valence-electron chi connectivity index (χ4n) is 1.81. The molecule has 0 bridgehead atoms. The fourth-order valence-corrected chi connectivity index (χ4v) is 2.23. The van der Waals surface area contributed by atoms with Crippen molar-refractivity contribution >= 4 is 33.4 Å². The van der Waals surface area contributed by atoms with Gasteiger partial charge in [0.2, 0.25) is 5.91 Å².